The van der Waals surface area contributed by atoms with E-state index in [1.807, 2.05) is 6.20 Å². The van der Waals surface area contributed by atoms with Gasteiger partial charge in [-0.1, -0.05) is 303 Å². The number of H-pyrrole nitrogens is 1. The summed E-state index contributed by atoms with van der Waals surface area (Å²) in [6, 6.07) is 7.00. The molecule has 1 unspecified atom stereocenters. The standard InChI is InChI=1S/C64H112N2O/c1-5-9-13-16-19-22-25-27-29-31-34-36-39-42-45-49-56-54-55-65-62-58(56)52-53-60-59(51-47-44-41-38-35-32-30-28-26-23-20-17-14-10-6-2)61(64(67)66-63(60)62)57(48-12-8-4)50-46-43-40-37-33-24-21-18-15-11-7-3/h52-55,57H,5-51H2,1-4H3,(H,66,67). The van der Waals surface area contributed by atoms with Gasteiger partial charge in [-0.15, -0.1) is 0 Å². The average Bonchev–Trinajstić information content (AvgIpc) is 3.34. The summed E-state index contributed by atoms with van der Waals surface area (Å²) < 4.78 is 0. The van der Waals surface area contributed by atoms with Crippen LogP contribution in [0.15, 0.2) is 29.2 Å². The maximum absolute atomic E-state index is 14.6. The van der Waals surface area contributed by atoms with Crippen LogP contribution in [0.5, 0.6) is 0 Å². The van der Waals surface area contributed by atoms with E-state index in [9.17, 15) is 4.79 Å². The van der Waals surface area contributed by atoms with Crippen LogP contribution in [0.4, 0.5) is 0 Å². The molecule has 0 aliphatic heterocycles. The fourth-order valence-corrected chi connectivity index (χ4v) is 11.3. The zero-order valence-electron chi connectivity index (χ0n) is 45.5. The number of hydrogen-bond donors (Lipinski definition) is 1. The molecule has 0 aliphatic rings. The first-order chi connectivity index (χ1) is 33.2. The number of aromatic nitrogens is 2. The molecule has 0 saturated carbocycles. The van der Waals surface area contributed by atoms with Crippen LogP contribution in [0.1, 0.15) is 339 Å². The van der Waals surface area contributed by atoms with Crippen molar-refractivity contribution in [2.24, 2.45) is 0 Å². The summed E-state index contributed by atoms with van der Waals surface area (Å²) in [5.74, 6) is 0.345. The van der Waals surface area contributed by atoms with E-state index in [0.29, 0.717) is 5.92 Å². The number of unbranched alkanes of at least 4 members (excludes halogenated alkanes) is 39. The minimum absolute atomic E-state index is 0.176. The summed E-state index contributed by atoms with van der Waals surface area (Å²) in [6.45, 7) is 9.24. The predicted molar refractivity (Wildman–Crippen MR) is 300 cm³/mol. The summed E-state index contributed by atoms with van der Waals surface area (Å²) in [6.07, 6.45) is 65.4. The van der Waals surface area contributed by atoms with E-state index in [4.69, 9.17) is 4.98 Å². The molecule has 0 fully saturated rings. The lowest BCUT2D eigenvalue weighted by atomic mass is 9.83. The fraction of sp³-hybridized carbons (Fsp3) is 0.812. The molecule has 0 bridgehead atoms. The Morgan fingerprint density at radius 3 is 1.15 bits per heavy atom. The molecule has 0 amide bonds. The molecule has 3 heteroatoms. The monoisotopic (exact) mass is 925 g/mol. The highest BCUT2D eigenvalue weighted by Crippen LogP contribution is 2.35. The van der Waals surface area contributed by atoms with Crippen LogP contribution in [0.2, 0.25) is 0 Å². The van der Waals surface area contributed by atoms with Gasteiger partial charge in [0.05, 0.1) is 11.0 Å². The molecule has 0 saturated heterocycles. The molecule has 1 atom stereocenters. The Kier molecular flexibility index (Phi) is 36.7. The lowest BCUT2D eigenvalue weighted by molar-refractivity contribution is 0.490. The van der Waals surface area contributed by atoms with Crippen molar-refractivity contribution in [2.45, 2.75) is 335 Å². The largest absolute Gasteiger partial charge is 0.320 e. The van der Waals surface area contributed by atoms with Gasteiger partial charge in [0.1, 0.15) is 0 Å². The molecule has 2 aromatic heterocycles. The van der Waals surface area contributed by atoms with Crippen LogP contribution in [0, 0.1) is 0 Å². The molecule has 67 heavy (non-hydrogen) atoms. The van der Waals surface area contributed by atoms with Gasteiger partial charge >= 0.3 is 0 Å². The van der Waals surface area contributed by atoms with Gasteiger partial charge in [-0.25, -0.2) is 0 Å². The molecule has 3 nitrogen and oxygen atoms in total. The Balaban J connectivity index is 1.61. The van der Waals surface area contributed by atoms with E-state index < -0.39 is 0 Å². The van der Waals surface area contributed by atoms with E-state index in [0.717, 1.165) is 42.3 Å². The van der Waals surface area contributed by atoms with Crippen molar-refractivity contribution < 1.29 is 0 Å². The van der Waals surface area contributed by atoms with Crippen LogP contribution in [-0.2, 0) is 12.8 Å². The third kappa shape index (κ3) is 26.6. The highest BCUT2D eigenvalue weighted by molar-refractivity contribution is 6.05. The van der Waals surface area contributed by atoms with Crippen molar-refractivity contribution in [2.75, 3.05) is 0 Å². The molecule has 3 aromatic rings. The van der Waals surface area contributed by atoms with Crippen molar-refractivity contribution >= 4 is 21.8 Å². The highest BCUT2D eigenvalue weighted by atomic mass is 16.1. The first-order valence-corrected chi connectivity index (χ1v) is 30.6. The summed E-state index contributed by atoms with van der Waals surface area (Å²) >= 11 is 0. The van der Waals surface area contributed by atoms with E-state index in [-0.39, 0.29) is 5.56 Å². The van der Waals surface area contributed by atoms with Gasteiger partial charge in [-0.05, 0) is 61.6 Å². The van der Waals surface area contributed by atoms with Gasteiger partial charge in [0.15, 0.2) is 0 Å². The molecular formula is C64H112N2O. The Morgan fingerprint density at radius 1 is 0.388 bits per heavy atom. The van der Waals surface area contributed by atoms with Gasteiger partial charge in [0.2, 0.25) is 0 Å². The van der Waals surface area contributed by atoms with Gasteiger partial charge in [0.25, 0.3) is 5.56 Å². The Bertz CT molecular complexity index is 1640. The fourth-order valence-electron chi connectivity index (χ4n) is 11.3. The van der Waals surface area contributed by atoms with Gasteiger partial charge < -0.3 is 4.98 Å². The van der Waals surface area contributed by atoms with Crippen LogP contribution in [-0.4, -0.2) is 9.97 Å². The molecule has 0 radical (unpaired) electrons. The zero-order chi connectivity index (χ0) is 47.7. The van der Waals surface area contributed by atoms with E-state index >= 15 is 0 Å². The quantitative estimate of drug-likeness (QED) is 0.0453. The number of benzene rings is 1. The maximum atomic E-state index is 14.6. The molecule has 0 aliphatic carbocycles. The second-order valence-corrected chi connectivity index (χ2v) is 21.8. The van der Waals surface area contributed by atoms with Crippen LogP contribution in [0.3, 0.4) is 0 Å². The Morgan fingerprint density at radius 2 is 0.731 bits per heavy atom. The van der Waals surface area contributed by atoms with Crippen LogP contribution < -0.4 is 5.56 Å². The van der Waals surface area contributed by atoms with Crippen LogP contribution >= 0.6 is 0 Å². The molecular weight excluding hydrogens is 813 g/mol. The Hall–Kier alpha value is -2.16. The molecule has 1 N–H and O–H groups in total. The third-order valence-electron chi connectivity index (χ3n) is 15.7. The minimum atomic E-state index is 0.176. The molecule has 1 aromatic carbocycles. The smallest absolute Gasteiger partial charge is 0.252 e. The van der Waals surface area contributed by atoms with E-state index in [1.54, 1.807) is 0 Å². The van der Waals surface area contributed by atoms with Crippen molar-refractivity contribution in [3.05, 3.63) is 51.4 Å². The highest BCUT2D eigenvalue weighted by Gasteiger charge is 2.23. The summed E-state index contributed by atoms with van der Waals surface area (Å²) in [7, 11) is 0. The number of nitrogens with one attached hydrogen (secondary N) is 1. The number of rotatable bonds is 48. The number of fused-ring (bicyclic) bond motifs is 3. The van der Waals surface area contributed by atoms with E-state index in [1.165, 1.54) is 298 Å². The second kappa shape index (κ2) is 41.6. The topological polar surface area (TPSA) is 45.8 Å². The van der Waals surface area contributed by atoms with Gasteiger partial charge in [0, 0.05) is 22.5 Å². The Labute approximate surface area is 416 Å². The van der Waals surface area contributed by atoms with Crippen LogP contribution in [0.25, 0.3) is 21.8 Å². The molecule has 2 heterocycles. The maximum Gasteiger partial charge on any atom is 0.252 e. The third-order valence-corrected chi connectivity index (χ3v) is 15.7. The minimum Gasteiger partial charge on any atom is -0.320 e. The SMILES string of the molecule is CCCCCCCCCCCCCCCCCc1ccnc2c1ccc1c(CCCCCCCCCCCCCCCCC)c(C(CCCC)CCCCCCCCCCCCC)c(=O)[nH]c12. The van der Waals surface area contributed by atoms with Crippen molar-refractivity contribution in [3.8, 4) is 0 Å². The van der Waals surface area contributed by atoms with Crippen molar-refractivity contribution in [1.29, 1.82) is 0 Å². The molecule has 384 valence electrons. The lowest BCUT2D eigenvalue weighted by Crippen LogP contribution is -2.21. The number of aryl methyl sites for hydroxylation is 2. The number of hydrogen-bond acceptors (Lipinski definition) is 2. The molecule has 0 spiro atoms. The second-order valence-electron chi connectivity index (χ2n) is 21.8. The zero-order valence-corrected chi connectivity index (χ0v) is 45.5. The normalized spacial score (nSPS) is 12.3. The number of nitrogens with zero attached hydrogens (tertiary/aromatic N) is 1. The lowest BCUT2D eigenvalue weighted by Gasteiger charge is -2.22. The predicted octanol–water partition coefficient (Wildman–Crippen LogP) is 21.9. The van der Waals surface area contributed by atoms with Gasteiger partial charge in [-0.2, -0.15) is 0 Å². The summed E-state index contributed by atoms with van der Waals surface area (Å²) in [5.41, 5.74) is 6.06. The van der Waals surface area contributed by atoms with Crippen molar-refractivity contribution in [1.82, 2.24) is 9.97 Å². The number of pyridine rings is 2. The first-order valence-electron chi connectivity index (χ1n) is 30.6. The summed E-state index contributed by atoms with van der Waals surface area (Å²) in [4.78, 5) is 23.1. The van der Waals surface area contributed by atoms with Gasteiger partial charge in [-0.3, -0.25) is 9.78 Å². The first kappa shape index (κ1) is 59.2. The molecule has 3 rings (SSSR count). The summed E-state index contributed by atoms with van der Waals surface area (Å²) in [5, 5.41) is 2.51. The average molecular weight is 926 g/mol. The van der Waals surface area contributed by atoms with E-state index in [2.05, 4.69) is 50.9 Å². The number of aromatic amines is 1. The van der Waals surface area contributed by atoms with Crippen molar-refractivity contribution in [3.63, 3.8) is 0 Å².